The van der Waals surface area contributed by atoms with Crippen LogP contribution in [0.5, 0.6) is 0 Å². The van der Waals surface area contributed by atoms with Crippen LogP contribution in [0, 0.1) is 12.7 Å². The summed E-state index contributed by atoms with van der Waals surface area (Å²) >= 11 is 0. The molecule has 0 saturated carbocycles. The summed E-state index contributed by atoms with van der Waals surface area (Å²) in [5, 5.41) is 2.89. The molecule has 0 atom stereocenters. The van der Waals surface area contributed by atoms with Crippen LogP contribution in [0.25, 0.3) is 16.7 Å². The Morgan fingerprint density at radius 1 is 1.00 bits per heavy atom. The third-order valence-corrected chi connectivity index (χ3v) is 7.46. The maximum absolute atomic E-state index is 13.4. The summed E-state index contributed by atoms with van der Waals surface area (Å²) in [6.45, 7) is 6.01. The van der Waals surface area contributed by atoms with Crippen molar-refractivity contribution in [2.24, 2.45) is 0 Å². The Morgan fingerprint density at radius 3 is 2.29 bits per heavy atom. The van der Waals surface area contributed by atoms with E-state index in [1.165, 1.54) is 12.1 Å². The second kappa shape index (κ2) is 10.5. The zero-order chi connectivity index (χ0) is 25.0. The Morgan fingerprint density at radius 2 is 1.66 bits per heavy atom. The van der Waals surface area contributed by atoms with Crippen molar-refractivity contribution in [1.29, 1.82) is 0 Å². The van der Waals surface area contributed by atoms with Gasteiger partial charge < -0.3 is 14.4 Å². The van der Waals surface area contributed by atoms with Crippen LogP contribution < -0.4 is 5.32 Å². The van der Waals surface area contributed by atoms with E-state index in [0.717, 1.165) is 28.1 Å². The predicted molar refractivity (Wildman–Crippen MR) is 135 cm³/mol. The number of aromatic nitrogens is 2. The third-order valence-electron chi connectivity index (χ3n) is 5.41. The molecular weight excluding hydrogens is 468 g/mol. The molecular formula is C26H27FN3O4P. The summed E-state index contributed by atoms with van der Waals surface area (Å²) in [7, 11) is -3.20. The molecule has 35 heavy (non-hydrogen) atoms. The van der Waals surface area contributed by atoms with Crippen LogP contribution >= 0.6 is 7.60 Å². The van der Waals surface area contributed by atoms with Crippen LogP contribution in [-0.4, -0.2) is 28.7 Å². The Bertz CT molecular complexity index is 1370. The summed E-state index contributed by atoms with van der Waals surface area (Å²) in [4.78, 5) is 17.5. The number of amides is 1. The Balaban J connectivity index is 1.53. The topological polar surface area (TPSA) is 82.5 Å². The van der Waals surface area contributed by atoms with Crippen LogP contribution in [0.2, 0.25) is 0 Å². The Kier molecular flexibility index (Phi) is 7.45. The maximum atomic E-state index is 13.4. The van der Waals surface area contributed by atoms with Crippen molar-refractivity contribution in [2.45, 2.75) is 26.9 Å². The lowest BCUT2D eigenvalue weighted by atomic mass is 10.1. The largest absolute Gasteiger partial charge is 0.335 e. The van der Waals surface area contributed by atoms with Gasteiger partial charge in [0, 0.05) is 16.9 Å². The van der Waals surface area contributed by atoms with E-state index in [9.17, 15) is 13.8 Å². The Labute approximate surface area is 203 Å². The number of rotatable bonds is 9. The molecule has 0 fully saturated rings. The van der Waals surface area contributed by atoms with E-state index in [0.29, 0.717) is 24.5 Å². The third kappa shape index (κ3) is 5.68. The maximum Gasteiger partial charge on any atom is 0.335 e. The van der Waals surface area contributed by atoms with Crippen molar-refractivity contribution in [1.82, 2.24) is 9.55 Å². The quantitative estimate of drug-likeness (QED) is 0.268. The number of nitrogens with zero attached hydrogens (tertiary/aromatic N) is 2. The van der Waals surface area contributed by atoms with Crippen molar-refractivity contribution in [2.75, 3.05) is 18.5 Å². The molecule has 4 aromatic rings. The van der Waals surface area contributed by atoms with E-state index in [1.54, 1.807) is 68.4 Å². The summed E-state index contributed by atoms with van der Waals surface area (Å²) in [6, 6.07) is 18.5. The van der Waals surface area contributed by atoms with Gasteiger partial charge in [-0.05, 0) is 80.9 Å². The molecule has 1 aromatic heterocycles. The first kappa shape index (κ1) is 24.8. The molecule has 7 nitrogen and oxygen atoms in total. The average molecular weight is 495 g/mol. The van der Waals surface area contributed by atoms with Crippen molar-refractivity contribution in [3.63, 3.8) is 0 Å². The lowest BCUT2D eigenvalue weighted by Gasteiger charge is -2.17. The molecule has 0 aliphatic heterocycles. The number of fused-ring (bicyclic) bond motifs is 1. The summed E-state index contributed by atoms with van der Waals surface area (Å²) in [5.74, 6) is 0.134. The lowest BCUT2D eigenvalue weighted by Crippen LogP contribution is -2.12. The number of hydrogen-bond donors (Lipinski definition) is 1. The van der Waals surface area contributed by atoms with Gasteiger partial charge in [-0.25, -0.2) is 9.37 Å². The SMILES string of the molecule is CCOP(=O)(Cc1ccc(NC(=O)c2ccc3nc(C)n(-c4ccc(F)cc4)c3c2)cc1)OCC. The van der Waals surface area contributed by atoms with Crippen molar-refractivity contribution < 1.29 is 22.8 Å². The number of hydrogen-bond acceptors (Lipinski definition) is 5. The summed E-state index contributed by atoms with van der Waals surface area (Å²) in [6.07, 6.45) is 0.159. The standard InChI is InChI=1S/C26H27FN3O4P/c1-4-33-35(32,34-5-2)17-19-6-11-22(12-7-19)29-26(31)20-8-15-24-25(16-20)30(18(3)28-24)23-13-9-21(27)10-14-23/h6-16H,4-5,17H2,1-3H3,(H,29,31). The predicted octanol–water partition coefficient (Wildman–Crippen LogP) is 6.49. The molecule has 1 amide bonds. The van der Waals surface area contributed by atoms with Gasteiger partial charge >= 0.3 is 7.60 Å². The highest BCUT2D eigenvalue weighted by atomic mass is 31.2. The van der Waals surface area contributed by atoms with Gasteiger partial charge in [-0.15, -0.1) is 0 Å². The molecule has 4 rings (SSSR count). The van der Waals surface area contributed by atoms with Gasteiger partial charge in [-0.1, -0.05) is 12.1 Å². The van der Waals surface area contributed by atoms with Crippen LogP contribution in [-0.2, 0) is 19.8 Å². The first-order valence-corrected chi connectivity index (χ1v) is 13.1. The van der Waals surface area contributed by atoms with Crippen LogP contribution in [0.1, 0.15) is 35.6 Å². The Hall–Kier alpha value is -3.32. The molecule has 0 aliphatic rings. The monoisotopic (exact) mass is 495 g/mol. The molecule has 3 aromatic carbocycles. The number of anilines is 1. The van der Waals surface area contributed by atoms with Gasteiger partial charge in [0.25, 0.3) is 5.91 Å². The highest BCUT2D eigenvalue weighted by Gasteiger charge is 2.24. The molecule has 9 heteroatoms. The van der Waals surface area contributed by atoms with Gasteiger partial charge in [0.1, 0.15) is 11.6 Å². The first-order chi connectivity index (χ1) is 16.8. The highest BCUT2D eigenvalue weighted by Crippen LogP contribution is 2.51. The van der Waals surface area contributed by atoms with E-state index in [4.69, 9.17) is 9.05 Å². The summed E-state index contributed by atoms with van der Waals surface area (Å²) < 4.78 is 38.7. The highest BCUT2D eigenvalue weighted by molar-refractivity contribution is 7.53. The normalized spacial score (nSPS) is 11.7. The number of benzene rings is 3. The minimum Gasteiger partial charge on any atom is -0.322 e. The number of halogens is 1. The second-order valence-corrected chi connectivity index (χ2v) is 9.98. The molecule has 0 spiro atoms. The van der Waals surface area contributed by atoms with Gasteiger partial charge in [0.15, 0.2) is 0 Å². The molecule has 1 heterocycles. The fourth-order valence-corrected chi connectivity index (χ4v) is 5.60. The van der Waals surface area contributed by atoms with Gasteiger partial charge in [-0.3, -0.25) is 13.9 Å². The minimum atomic E-state index is -3.20. The molecule has 0 radical (unpaired) electrons. The van der Waals surface area contributed by atoms with E-state index >= 15 is 0 Å². The minimum absolute atomic E-state index is 0.159. The number of nitrogens with one attached hydrogen (secondary N) is 1. The number of carbonyl (C=O) groups excluding carboxylic acids is 1. The van der Waals surface area contributed by atoms with Crippen LogP contribution in [0.4, 0.5) is 10.1 Å². The van der Waals surface area contributed by atoms with E-state index in [-0.39, 0.29) is 17.9 Å². The molecule has 0 bridgehead atoms. The fourth-order valence-electron chi connectivity index (χ4n) is 3.90. The lowest BCUT2D eigenvalue weighted by molar-refractivity contribution is 0.102. The van der Waals surface area contributed by atoms with Crippen molar-refractivity contribution in [3.05, 3.63) is 89.5 Å². The van der Waals surface area contributed by atoms with Crippen LogP contribution in [0.15, 0.2) is 66.7 Å². The van der Waals surface area contributed by atoms with Gasteiger partial charge in [0.05, 0.1) is 30.4 Å². The number of aryl methyl sites for hydroxylation is 1. The summed E-state index contributed by atoms with van der Waals surface area (Å²) in [5.41, 5.74) is 4.09. The molecule has 0 saturated heterocycles. The van der Waals surface area contributed by atoms with E-state index in [1.807, 2.05) is 11.5 Å². The fraction of sp³-hybridized carbons (Fsp3) is 0.231. The van der Waals surface area contributed by atoms with Crippen molar-refractivity contribution in [3.8, 4) is 5.69 Å². The van der Waals surface area contributed by atoms with E-state index < -0.39 is 7.60 Å². The van der Waals surface area contributed by atoms with Gasteiger partial charge in [-0.2, -0.15) is 0 Å². The van der Waals surface area contributed by atoms with Gasteiger partial charge in [0.2, 0.25) is 0 Å². The average Bonchev–Trinajstić information content (AvgIpc) is 3.16. The number of imidazole rings is 1. The number of carbonyl (C=O) groups is 1. The molecule has 0 unspecified atom stereocenters. The molecule has 0 aliphatic carbocycles. The van der Waals surface area contributed by atoms with E-state index in [2.05, 4.69) is 10.3 Å². The smallest absolute Gasteiger partial charge is 0.322 e. The zero-order valence-electron chi connectivity index (χ0n) is 19.8. The molecule has 1 N–H and O–H groups in total. The zero-order valence-corrected chi connectivity index (χ0v) is 20.7. The molecule has 182 valence electrons. The first-order valence-electron chi connectivity index (χ1n) is 11.4. The van der Waals surface area contributed by atoms with Crippen LogP contribution in [0.3, 0.4) is 0 Å². The second-order valence-electron chi connectivity index (χ2n) is 7.93. The van der Waals surface area contributed by atoms with Crippen molar-refractivity contribution >= 4 is 30.2 Å².